The molecule has 4 N–H and O–H groups in total. The van der Waals surface area contributed by atoms with E-state index in [1.807, 2.05) is 159 Å². The van der Waals surface area contributed by atoms with Crippen LogP contribution >= 0.6 is 0 Å². The molecule has 0 aliphatic rings. The molecule has 0 atom stereocenters. The molecule has 0 saturated carbocycles. The molecule has 12 nitrogen and oxygen atoms in total. The molecule has 0 saturated heterocycles. The number of benzene rings is 6. The molecule has 442 valence electrons. The zero-order valence-corrected chi connectivity index (χ0v) is 59.3. The van der Waals surface area contributed by atoms with Crippen LogP contribution in [0.5, 0.6) is 0 Å². The van der Waals surface area contributed by atoms with Gasteiger partial charge in [0.05, 0.1) is 11.8 Å². The maximum atomic E-state index is 12.1. The minimum absolute atomic E-state index is 0. The zero-order chi connectivity index (χ0) is 63.5. The Labute approximate surface area is 543 Å². The van der Waals surface area contributed by atoms with Gasteiger partial charge in [0.1, 0.15) is 0 Å². The first-order valence-electron chi connectivity index (χ1n) is 27.4. The summed E-state index contributed by atoms with van der Waals surface area (Å²) in [5.74, 6) is -2.93. The largest absolute Gasteiger partial charge is 0.680 e. The average Bonchev–Trinajstić information content (AvgIpc) is 3.46. The molecule has 0 heterocycles. The number of hydrogen-bond acceptors (Lipinski definition) is 8. The van der Waals surface area contributed by atoms with E-state index in [2.05, 4.69) is 0 Å². The molecule has 2 radical (unpaired) electrons. The zero-order valence-electron chi connectivity index (χ0n) is 53.7. The van der Waals surface area contributed by atoms with Gasteiger partial charge in [0, 0.05) is 110 Å². The summed E-state index contributed by atoms with van der Waals surface area (Å²) >= 11 is 0. The second kappa shape index (κ2) is 46.8. The first-order chi connectivity index (χ1) is 38.0. The van der Waals surface area contributed by atoms with Crippen molar-refractivity contribution in [1.29, 1.82) is 0 Å². The molecule has 0 fully saturated rings. The van der Waals surface area contributed by atoms with Crippen molar-refractivity contribution in [2.75, 3.05) is 14.1 Å². The summed E-state index contributed by atoms with van der Waals surface area (Å²) in [6.45, 7) is 40.1. The summed E-state index contributed by atoms with van der Waals surface area (Å²) in [6, 6.07) is 28.7. The summed E-state index contributed by atoms with van der Waals surface area (Å²) in [7, 11) is 2.50. The van der Waals surface area contributed by atoms with Gasteiger partial charge in [0.25, 0.3) is 0 Å². The van der Waals surface area contributed by atoms with E-state index in [0.29, 0.717) is 22.3 Å². The fourth-order valence-electron chi connectivity index (χ4n) is 7.86. The van der Waals surface area contributed by atoms with Crippen LogP contribution in [0.25, 0.3) is 67.4 Å². The van der Waals surface area contributed by atoms with Crippen molar-refractivity contribution in [3.63, 3.8) is 0 Å². The number of rotatable bonds is 12. The van der Waals surface area contributed by atoms with Crippen LogP contribution in [0.4, 0.5) is 0 Å². The van der Waals surface area contributed by atoms with E-state index in [9.17, 15) is 38.4 Å². The van der Waals surface area contributed by atoms with Crippen molar-refractivity contribution >= 4 is 46.5 Å². The van der Waals surface area contributed by atoms with Crippen LogP contribution in [-0.2, 0) is 65.4 Å². The number of carbonyl (C=O) groups excluding carboxylic acids is 8. The van der Waals surface area contributed by atoms with Crippen molar-refractivity contribution in [2.24, 2.45) is 0 Å². The second-order valence-corrected chi connectivity index (χ2v) is 16.0. The number of amides is 2. The topological polar surface area (TPSA) is 232 Å². The Morgan fingerprint density at radius 3 is 0.512 bits per heavy atom. The van der Waals surface area contributed by atoms with E-state index < -0.39 is 11.8 Å². The van der Waals surface area contributed by atoms with Crippen LogP contribution in [0.2, 0.25) is 0 Å². The molecular formula is C68H92N4O8Y2-4. The van der Waals surface area contributed by atoms with Crippen LogP contribution in [0.15, 0.2) is 97.1 Å². The van der Waals surface area contributed by atoms with Gasteiger partial charge in [-0.2, -0.15) is 14.1 Å². The van der Waals surface area contributed by atoms with E-state index in [1.54, 1.807) is 48.5 Å². The van der Waals surface area contributed by atoms with Gasteiger partial charge < -0.3 is 32.5 Å². The quantitative estimate of drug-likeness (QED) is 0.107. The third-order valence-corrected chi connectivity index (χ3v) is 11.2. The minimum Gasteiger partial charge on any atom is -0.680 e. The Kier molecular flexibility index (Phi) is 50.1. The van der Waals surface area contributed by atoms with Gasteiger partial charge in [-0.3, -0.25) is 28.8 Å². The van der Waals surface area contributed by atoms with Gasteiger partial charge in [-0.15, -0.1) is 0 Å². The Morgan fingerprint density at radius 1 is 0.256 bits per heavy atom. The molecule has 82 heavy (non-hydrogen) atoms. The van der Waals surface area contributed by atoms with Crippen LogP contribution in [0.3, 0.4) is 0 Å². The number of hydrogen-bond donors (Lipinski definition) is 0. The Bertz CT molecular complexity index is 2600. The molecule has 6 aromatic carbocycles. The van der Waals surface area contributed by atoms with Gasteiger partial charge in [0.15, 0.2) is 34.7 Å². The van der Waals surface area contributed by atoms with Crippen LogP contribution < -0.4 is 0 Å². The molecule has 0 bridgehead atoms. The average molecular weight is 1270 g/mol. The SMILES string of the molecule is CC.CC.CC.CC.CC.CC.CC(=O)c1cc(C)c(-c2ccc(-c3cc(C([NH-])=O)c(C(C)=O)cc3C)cc2)cc1C(C)=O.CC(=O)c1cc(C)c(-c2ccc(-c3cc(C([NH-])=O)c(C(C)=O)cc3C)cc2)cc1C(C)=O.C[NH-].C[NH-].[Y].[Y]. The summed E-state index contributed by atoms with van der Waals surface area (Å²) < 4.78 is 0. The second-order valence-electron chi connectivity index (χ2n) is 16.0. The molecule has 14 heteroatoms. The Hall–Kier alpha value is -5.59. The molecular weight excluding hydrogens is 1180 g/mol. The maximum absolute atomic E-state index is 12.1. The maximum Gasteiger partial charge on any atom is 0.160 e. The third-order valence-electron chi connectivity index (χ3n) is 11.2. The summed E-state index contributed by atoms with van der Waals surface area (Å²) in [5, 5.41) is 0. The summed E-state index contributed by atoms with van der Waals surface area (Å²) in [4.78, 5) is 95.3. The smallest absolute Gasteiger partial charge is 0.160 e. The molecule has 2 amide bonds. The van der Waals surface area contributed by atoms with Crippen molar-refractivity contribution in [3.05, 3.63) is 187 Å². The predicted molar refractivity (Wildman–Crippen MR) is 339 cm³/mol. The van der Waals surface area contributed by atoms with Crippen molar-refractivity contribution in [2.45, 2.75) is 152 Å². The minimum atomic E-state index is -0.897. The van der Waals surface area contributed by atoms with Crippen molar-refractivity contribution in [1.82, 2.24) is 0 Å². The van der Waals surface area contributed by atoms with Crippen LogP contribution in [-0.4, -0.2) is 60.6 Å². The van der Waals surface area contributed by atoms with Crippen molar-refractivity contribution in [3.8, 4) is 44.5 Å². The van der Waals surface area contributed by atoms with Crippen LogP contribution in [0, 0.1) is 27.7 Å². The predicted octanol–water partition coefficient (Wildman–Crippen LogP) is 20.4. The number of ketones is 6. The number of nitrogens with one attached hydrogen (secondary N) is 4. The molecule has 0 aromatic heterocycles. The summed E-state index contributed by atoms with van der Waals surface area (Å²) in [5.41, 5.74) is 39.0. The standard InChI is InChI=1S/2C27H25NO4.6C2H6.2CH4N.2Y/c2*1-14-10-23(16(3)29)25(18(5)31)12-21(14)19-6-8-20(9-7-19)22-13-26(27(28)32)24(17(4)30)11-15(22)2;8*1-2;;/h2*6-13H,1-5H3,(H2,28,32);6*1-2H3;2*2H,1H3;;/q;;;;;;;;2*-1;;/p-2. The molecule has 0 spiro atoms. The van der Waals surface area contributed by atoms with E-state index in [4.69, 9.17) is 22.9 Å². The third kappa shape index (κ3) is 25.1. The fraction of sp³-hybridized carbons (Fsp3) is 0.353. The molecule has 6 rings (SSSR count). The van der Waals surface area contributed by atoms with Gasteiger partial charge in [-0.05, 0) is 185 Å². The van der Waals surface area contributed by atoms with Crippen LogP contribution in [0.1, 0.15) is 230 Å². The Morgan fingerprint density at radius 2 is 0.378 bits per heavy atom. The normalized spacial score (nSPS) is 8.90. The number of aryl methyl sites for hydroxylation is 4. The van der Waals surface area contributed by atoms with E-state index >= 15 is 0 Å². The first-order valence-corrected chi connectivity index (χ1v) is 27.4. The number of Topliss-reactive ketones (excluding diaryl/α,β-unsaturated/α-hetero) is 6. The number of carbonyl (C=O) groups is 8. The summed E-state index contributed by atoms with van der Waals surface area (Å²) in [6.07, 6.45) is 0. The monoisotopic (exact) mass is 1270 g/mol. The molecule has 0 unspecified atom stereocenters. The van der Waals surface area contributed by atoms with Crippen molar-refractivity contribution < 1.29 is 104 Å². The van der Waals surface area contributed by atoms with E-state index in [1.165, 1.54) is 55.6 Å². The van der Waals surface area contributed by atoms with E-state index in [0.717, 1.165) is 66.8 Å². The van der Waals surface area contributed by atoms with E-state index in [-0.39, 0.29) is 122 Å². The molecule has 0 aliphatic carbocycles. The Balaban J connectivity index is -0.000000277. The molecule has 0 aliphatic heterocycles. The van der Waals surface area contributed by atoms with Gasteiger partial charge in [-0.25, -0.2) is 0 Å². The first kappa shape index (κ1) is 87.6. The van der Waals surface area contributed by atoms with Gasteiger partial charge in [0.2, 0.25) is 0 Å². The molecule has 6 aromatic rings. The fourth-order valence-corrected chi connectivity index (χ4v) is 7.86. The van der Waals surface area contributed by atoms with Gasteiger partial charge in [-0.1, -0.05) is 132 Å². The van der Waals surface area contributed by atoms with Gasteiger partial charge >= 0.3 is 0 Å².